The van der Waals surface area contributed by atoms with E-state index in [1.807, 2.05) is 23.6 Å². The van der Waals surface area contributed by atoms with Crippen LogP contribution in [-0.4, -0.2) is 19.7 Å². The highest BCUT2D eigenvalue weighted by Crippen LogP contribution is 2.27. The Morgan fingerprint density at radius 2 is 2.12 bits per heavy atom. The average molecular weight is 391 g/mol. The van der Waals surface area contributed by atoms with Gasteiger partial charge in [-0.1, -0.05) is 40.7 Å². The lowest BCUT2D eigenvalue weighted by molar-refractivity contribution is 0.425. The smallest absolute Gasteiger partial charge is 0.262 e. The molecule has 0 radical (unpaired) electrons. The van der Waals surface area contributed by atoms with Gasteiger partial charge < -0.3 is 4.52 Å². The third kappa shape index (κ3) is 3.08. The van der Waals surface area contributed by atoms with E-state index in [0.29, 0.717) is 38.6 Å². The van der Waals surface area contributed by atoms with Crippen molar-refractivity contribution in [2.45, 2.75) is 10.9 Å². The lowest BCUT2D eigenvalue weighted by atomic mass is 10.2. The van der Waals surface area contributed by atoms with Crippen molar-refractivity contribution in [2.75, 3.05) is 0 Å². The molecule has 0 aliphatic heterocycles. The molecule has 6 nitrogen and oxygen atoms in total. The molecule has 0 saturated heterocycles. The molecule has 0 amide bonds. The molecule has 4 aromatic rings. The van der Waals surface area contributed by atoms with Crippen LogP contribution in [0.2, 0.25) is 5.02 Å². The molecule has 0 bridgehead atoms. The monoisotopic (exact) mass is 390 g/mol. The molecule has 0 atom stereocenters. The molecule has 0 fully saturated rings. The van der Waals surface area contributed by atoms with Gasteiger partial charge in [-0.25, -0.2) is 4.98 Å². The van der Waals surface area contributed by atoms with Gasteiger partial charge in [0.05, 0.1) is 21.7 Å². The molecule has 0 unspecified atom stereocenters. The Balaban J connectivity index is 1.58. The van der Waals surface area contributed by atoms with Crippen molar-refractivity contribution in [3.05, 3.63) is 56.9 Å². The van der Waals surface area contributed by atoms with Crippen LogP contribution in [0.3, 0.4) is 0 Å². The number of thioether (sulfide) groups is 1. The van der Waals surface area contributed by atoms with Gasteiger partial charge >= 0.3 is 0 Å². The Morgan fingerprint density at radius 1 is 1.28 bits per heavy atom. The fraction of sp³-hybridized carbons (Fsp3) is 0.125. The molecule has 9 heteroatoms. The summed E-state index contributed by atoms with van der Waals surface area (Å²) in [6, 6.07) is 9.08. The van der Waals surface area contributed by atoms with Gasteiger partial charge in [0, 0.05) is 7.05 Å². The highest BCUT2D eigenvalue weighted by atomic mass is 35.5. The van der Waals surface area contributed by atoms with Crippen LogP contribution in [0.15, 0.2) is 50.2 Å². The number of hydrogen-bond donors (Lipinski definition) is 0. The Bertz CT molecular complexity index is 1120. The van der Waals surface area contributed by atoms with E-state index in [1.165, 1.54) is 27.7 Å². The number of nitrogens with zero attached hydrogens (tertiary/aromatic N) is 4. The molecule has 126 valence electrons. The predicted octanol–water partition coefficient (Wildman–Crippen LogP) is 3.99. The maximum atomic E-state index is 12.3. The zero-order chi connectivity index (χ0) is 17.4. The minimum atomic E-state index is -0.0568. The first kappa shape index (κ1) is 16.3. The van der Waals surface area contributed by atoms with Gasteiger partial charge in [0.15, 0.2) is 11.0 Å². The predicted molar refractivity (Wildman–Crippen MR) is 99.2 cm³/mol. The van der Waals surface area contributed by atoms with E-state index < -0.39 is 0 Å². The molecule has 4 rings (SSSR count). The van der Waals surface area contributed by atoms with Gasteiger partial charge in [-0.2, -0.15) is 4.98 Å². The number of hydrogen-bond acceptors (Lipinski definition) is 7. The first-order chi connectivity index (χ1) is 12.1. The van der Waals surface area contributed by atoms with Crippen LogP contribution in [-0.2, 0) is 12.8 Å². The summed E-state index contributed by atoms with van der Waals surface area (Å²) in [5.41, 5.74) is 0.636. The molecule has 1 aromatic carbocycles. The van der Waals surface area contributed by atoms with Gasteiger partial charge in [0.2, 0.25) is 0 Å². The molecule has 0 spiro atoms. The van der Waals surface area contributed by atoms with Crippen molar-refractivity contribution in [3.63, 3.8) is 0 Å². The third-order valence-electron chi connectivity index (χ3n) is 3.57. The van der Waals surface area contributed by atoms with Gasteiger partial charge in [-0.05, 0) is 23.6 Å². The van der Waals surface area contributed by atoms with Crippen molar-refractivity contribution < 1.29 is 4.52 Å². The Kier molecular flexibility index (Phi) is 4.32. The van der Waals surface area contributed by atoms with Crippen LogP contribution in [0.4, 0.5) is 0 Å². The van der Waals surface area contributed by atoms with Crippen LogP contribution >= 0.6 is 34.7 Å². The first-order valence-electron chi connectivity index (χ1n) is 7.28. The summed E-state index contributed by atoms with van der Waals surface area (Å²) in [4.78, 5) is 21.9. The van der Waals surface area contributed by atoms with Gasteiger partial charge in [0.25, 0.3) is 11.4 Å². The first-order valence-corrected chi connectivity index (χ1v) is 9.52. The third-order valence-corrected chi connectivity index (χ3v) is 5.73. The second-order valence-corrected chi connectivity index (χ2v) is 7.43. The second kappa shape index (κ2) is 6.62. The summed E-state index contributed by atoms with van der Waals surface area (Å²) in [7, 11) is 1.71. The Hall–Kier alpha value is -2.16. The van der Waals surface area contributed by atoms with Crippen molar-refractivity contribution in [1.82, 2.24) is 19.7 Å². The average Bonchev–Trinajstić information content (AvgIpc) is 3.26. The summed E-state index contributed by atoms with van der Waals surface area (Å²) in [5, 5.41) is 7.64. The van der Waals surface area contributed by atoms with Gasteiger partial charge in [0.1, 0.15) is 4.83 Å². The van der Waals surface area contributed by atoms with E-state index >= 15 is 0 Å². The molecule has 25 heavy (non-hydrogen) atoms. The maximum Gasteiger partial charge on any atom is 0.262 e. The molecule has 0 N–H and O–H groups in total. The number of thiophene rings is 1. The van der Waals surface area contributed by atoms with E-state index in [4.69, 9.17) is 16.1 Å². The highest BCUT2D eigenvalue weighted by Gasteiger charge is 2.14. The molecular weight excluding hydrogens is 380 g/mol. The zero-order valence-corrected chi connectivity index (χ0v) is 15.4. The van der Waals surface area contributed by atoms with Crippen molar-refractivity contribution >= 4 is 44.9 Å². The molecular formula is C16H11ClN4O2S2. The number of rotatable bonds is 4. The molecule has 0 saturated carbocycles. The minimum absolute atomic E-state index is 0.0568. The summed E-state index contributed by atoms with van der Waals surface area (Å²) in [5.74, 6) is 1.32. The molecule has 3 aromatic heterocycles. The van der Waals surface area contributed by atoms with Crippen LogP contribution in [0.1, 0.15) is 5.82 Å². The van der Waals surface area contributed by atoms with Crippen molar-refractivity contribution in [1.29, 1.82) is 0 Å². The topological polar surface area (TPSA) is 73.8 Å². The van der Waals surface area contributed by atoms with E-state index in [0.717, 1.165) is 4.83 Å². The number of fused-ring (bicyclic) bond motifs is 1. The Morgan fingerprint density at radius 3 is 2.96 bits per heavy atom. The molecule has 3 heterocycles. The summed E-state index contributed by atoms with van der Waals surface area (Å²) in [6.07, 6.45) is 0. The molecule has 0 aliphatic rings. The van der Waals surface area contributed by atoms with Crippen LogP contribution < -0.4 is 5.56 Å². The number of benzene rings is 1. The quantitative estimate of drug-likeness (QED) is 0.387. The fourth-order valence-corrected chi connectivity index (χ4v) is 4.13. The zero-order valence-electron chi connectivity index (χ0n) is 13.0. The van der Waals surface area contributed by atoms with E-state index in [1.54, 1.807) is 19.2 Å². The van der Waals surface area contributed by atoms with Crippen LogP contribution in [0.25, 0.3) is 21.7 Å². The van der Waals surface area contributed by atoms with Gasteiger partial charge in [-0.15, -0.1) is 11.3 Å². The largest absolute Gasteiger partial charge is 0.334 e. The van der Waals surface area contributed by atoms with Gasteiger partial charge in [-0.3, -0.25) is 9.36 Å². The SMILES string of the molecule is Cn1c(SCc2noc(-c3ccccc3Cl)n2)nc2sccc2c1=O. The lowest BCUT2D eigenvalue weighted by Crippen LogP contribution is -2.19. The standard InChI is InChI=1S/C16H11ClN4O2S2/c1-21-15(22)10-6-7-24-14(10)19-16(21)25-8-12-18-13(23-20-12)9-4-2-3-5-11(9)17/h2-7H,8H2,1H3. The minimum Gasteiger partial charge on any atom is -0.334 e. The summed E-state index contributed by atoms with van der Waals surface area (Å²) in [6.45, 7) is 0. The lowest BCUT2D eigenvalue weighted by Gasteiger charge is -2.05. The van der Waals surface area contributed by atoms with Crippen LogP contribution in [0, 0.1) is 0 Å². The normalized spacial score (nSPS) is 11.3. The second-order valence-electron chi connectivity index (χ2n) is 5.18. The summed E-state index contributed by atoms with van der Waals surface area (Å²) < 4.78 is 6.82. The number of aromatic nitrogens is 4. The maximum absolute atomic E-state index is 12.3. The van der Waals surface area contributed by atoms with E-state index in [9.17, 15) is 4.79 Å². The van der Waals surface area contributed by atoms with E-state index in [2.05, 4.69) is 15.1 Å². The Labute approximate surface area is 155 Å². The van der Waals surface area contributed by atoms with Crippen molar-refractivity contribution in [2.24, 2.45) is 7.05 Å². The van der Waals surface area contributed by atoms with Crippen molar-refractivity contribution in [3.8, 4) is 11.5 Å². The summed E-state index contributed by atoms with van der Waals surface area (Å²) >= 11 is 8.98. The van der Waals surface area contributed by atoms with Crippen LogP contribution in [0.5, 0.6) is 0 Å². The number of halogens is 1. The fourth-order valence-electron chi connectivity index (χ4n) is 2.29. The molecule has 0 aliphatic carbocycles. The van der Waals surface area contributed by atoms with E-state index in [-0.39, 0.29) is 5.56 Å². The highest BCUT2D eigenvalue weighted by molar-refractivity contribution is 7.98.